The Morgan fingerprint density at radius 1 is 1.00 bits per heavy atom. The molecule has 138 valence electrons. The molecular formula is C19H28N2O4. The summed E-state index contributed by atoms with van der Waals surface area (Å²) in [6, 6.07) is 7.26. The second-order valence-corrected chi connectivity index (χ2v) is 6.16. The number of hydrogen-bond donors (Lipinski definition) is 0. The van der Waals surface area contributed by atoms with Gasteiger partial charge in [0.15, 0.2) is 18.1 Å². The first-order valence-corrected chi connectivity index (χ1v) is 8.93. The topological polar surface area (TPSA) is 59.1 Å². The van der Waals surface area contributed by atoms with Crippen LogP contribution in [0.15, 0.2) is 24.3 Å². The van der Waals surface area contributed by atoms with Gasteiger partial charge < -0.3 is 19.3 Å². The van der Waals surface area contributed by atoms with Crippen molar-refractivity contribution in [2.75, 3.05) is 39.9 Å². The van der Waals surface area contributed by atoms with Gasteiger partial charge in [-0.1, -0.05) is 26.0 Å². The van der Waals surface area contributed by atoms with Crippen LogP contribution in [0.25, 0.3) is 0 Å². The van der Waals surface area contributed by atoms with Gasteiger partial charge in [0.2, 0.25) is 5.91 Å². The van der Waals surface area contributed by atoms with E-state index in [1.165, 1.54) is 0 Å². The van der Waals surface area contributed by atoms with Gasteiger partial charge in [-0.2, -0.15) is 0 Å². The number of ether oxygens (including phenoxy) is 2. The Hall–Kier alpha value is -2.24. The lowest BCUT2D eigenvalue weighted by Crippen LogP contribution is -2.52. The maximum Gasteiger partial charge on any atom is 0.260 e. The highest BCUT2D eigenvalue weighted by atomic mass is 16.5. The first-order chi connectivity index (χ1) is 12.1. The van der Waals surface area contributed by atoms with Crippen molar-refractivity contribution in [3.8, 4) is 11.5 Å². The number of amides is 2. The second kappa shape index (κ2) is 9.30. The maximum absolute atomic E-state index is 12.4. The number of hydrogen-bond acceptors (Lipinski definition) is 4. The quantitative estimate of drug-likeness (QED) is 0.758. The summed E-state index contributed by atoms with van der Waals surface area (Å²) < 4.78 is 10.8. The van der Waals surface area contributed by atoms with Crippen LogP contribution >= 0.6 is 0 Å². The van der Waals surface area contributed by atoms with E-state index in [1.807, 2.05) is 30.9 Å². The van der Waals surface area contributed by atoms with Crippen LogP contribution in [-0.2, 0) is 9.59 Å². The van der Waals surface area contributed by atoms with E-state index in [9.17, 15) is 9.59 Å². The average Bonchev–Trinajstić information content (AvgIpc) is 2.67. The van der Waals surface area contributed by atoms with Gasteiger partial charge in [-0.25, -0.2) is 0 Å². The van der Waals surface area contributed by atoms with Gasteiger partial charge in [-0.15, -0.1) is 0 Å². The highest BCUT2D eigenvalue weighted by Gasteiger charge is 2.27. The number of benzene rings is 1. The smallest absolute Gasteiger partial charge is 0.260 e. The number of rotatable bonds is 7. The van der Waals surface area contributed by atoms with Crippen molar-refractivity contribution in [1.29, 1.82) is 0 Å². The molecular weight excluding hydrogens is 320 g/mol. The Morgan fingerprint density at radius 2 is 1.56 bits per heavy atom. The molecule has 0 unspecified atom stereocenters. The monoisotopic (exact) mass is 348 g/mol. The third-order valence-corrected chi connectivity index (χ3v) is 4.70. The molecule has 0 atom stereocenters. The van der Waals surface area contributed by atoms with Gasteiger partial charge in [-0.05, 0) is 25.0 Å². The van der Waals surface area contributed by atoms with Gasteiger partial charge >= 0.3 is 0 Å². The molecule has 1 aliphatic heterocycles. The molecule has 0 spiro atoms. The molecule has 1 heterocycles. The number of carbonyl (C=O) groups excluding carboxylic acids is 2. The zero-order valence-corrected chi connectivity index (χ0v) is 15.4. The largest absolute Gasteiger partial charge is 0.493 e. The highest BCUT2D eigenvalue weighted by molar-refractivity contribution is 5.80. The van der Waals surface area contributed by atoms with Crippen molar-refractivity contribution in [3.63, 3.8) is 0 Å². The number of para-hydroxylation sites is 2. The normalized spacial score (nSPS) is 14.6. The molecule has 6 heteroatoms. The summed E-state index contributed by atoms with van der Waals surface area (Å²) in [5, 5.41) is 0. The van der Waals surface area contributed by atoms with E-state index in [1.54, 1.807) is 24.1 Å². The van der Waals surface area contributed by atoms with E-state index in [0.29, 0.717) is 37.7 Å². The minimum Gasteiger partial charge on any atom is -0.493 e. The molecule has 0 radical (unpaired) electrons. The van der Waals surface area contributed by atoms with Crippen LogP contribution in [0.3, 0.4) is 0 Å². The fraction of sp³-hybridized carbons (Fsp3) is 0.579. The lowest BCUT2D eigenvalue weighted by atomic mass is 10.0. The Labute approximate surface area is 149 Å². The molecule has 2 amide bonds. The average molecular weight is 348 g/mol. The highest BCUT2D eigenvalue weighted by Crippen LogP contribution is 2.25. The fourth-order valence-corrected chi connectivity index (χ4v) is 3.04. The van der Waals surface area contributed by atoms with E-state index < -0.39 is 0 Å². The molecule has 25 heavy (non-hydrogen) atoms. The van der Waals surface area contributed by atoms with Crippen molar-refractivity contribution < 1.29 is 19.1 Å². The van der Waals surface area contributed by atoms with Crippen LogP contribution in [0.5, 0.6) is 11.5 Å². The van der Waals surface area contributed by atoms with E-state index in [4.69, 9.17) is 9.47 Å². The lowest BCUT2D eigenvalue weighted by Gasteiger charge is -2.36. The van der Waals surface area contributed by atoms with E-state index in [-0.39, 0.29) is 24.3 Å². The number of nitrogens with zero attached hydrogens (tertiary/aromatic N) is 2. The third-order valence-electron chi connectivity index (χ3n) is 4.70. The molecule has 0 bridgehead atoms. The third kappa shape index (κ3) is 4.87. The van der Waals surface area contributed by atoms with E-state index in [0.717, 1.165) is 12.8 Å². The molecule has 1 aliphatic rings. The zero-order chi connectivity index (χ0) is 18.2. The van der Waals surface area contributed by atoms with Crippen LogP contribution in [0.4, 0.5) is 0 Å². The molecule has 1 aromatic rings. The SMILES string of the molecule is CCC(CC)C(=O)N1CCN(C(=O)COc2ccccc2OC)CC1. The number of piperazine rings is 1. The summed E-state index contributed by atoms with van der Waals surface area (Å²) in [7, 11) is 1.57. The molecule has 1 fully saturated rings. The summed E-state index contributed by atoms with van der Waals surface area (Å²) >= 11 is 0. The maximum atomic E-state index is 12.4. The minimum atomic E-state index is -0.0689. The molecule has 1 saturated heterocycles. The van der Waals surface area contributed by atoms with Gasteiger partial charge in [0.25, 0.3) is 5.91 Å². The van der Waals surface area contributed by atoms with Crippen molar-refractivity contribution in [3.05, 3.63) is 24.3 Å². The first-order valence-electron chi connectivity index (χ1n) is 8.93. The summed E-state index contributed by atoms with van der Waals surface area (Å²) in [6.07, 6.45) is 1.72. The molecule has 0 saturated carbocycles. The van der Waals surface area contributed by atoms with Crippen molar-refractivity contribution in [2.24, 2.45) is 5.92 Å². The number of methoxy groups -OCH3 is 1. The lowest BCUT2D eigenvalue weighted by molar-refractivity contribution is -0.143. The van der Waals surface area contributed by atoms with Gasteiger partial charge in [0.05, 0.1) is 7.11 Å². The Morgan fingerprint density at radius 3 is 2.12 bits per heavy atom. The Kier molecular flexibility index (Phi) is 7.10. The minimum absolute atomic E-state index is 0.0269. The van der Waals surface area contributed by atoms with Gasteiger partial charge in [0, 0.05) is 32.1 Å². The van der Waals surface area contributed by atoms with Crippen LogP contribution in [0.1, 0.15) is 26.7 Å². The van der Waals surface area contributed by atoms with Crippen molar-refractivity contribution >= 4 is 11.8 Å². The van der Waals surface area contributed by atoms with Crippen LogP contribution in [0, 0.1) is 5.92 Å². The van der Waals surface area contributed by atoms with Crippen LogP contribution in [-0.4, -0.2) is 61.5 Å². The summed E-state index contributed by atoms with van der Waals surface area (Å²) in [5.41, 5.74) is 0. The van der Waals surface area contributed by atoms with Crippen molar-refractivity contribution in [1.82, 2.24) is 9.80 Å². The Bertz CT molecular complexity index is 579. The molecule has 0 aromatic heterocycles. The van der Waals surface area contributed by atoms with Crippen LogP contribution < -0.4 is 9.47 Å². The molecule has 0 N–H and O–H groups in total. The molecule has 1 aromatic carbocycles. The Balaban J connectivity index is 1.82. The predicted molar refractivity (Wildman–Crippen MR) is 95.7 cm³/mol. The van der Waals surface area contributed by atoms with Crippen LogP contribution in [0.2, 0.25) is 0 Å². The molecule has 6 nitrogen and oxygen atoms in total. The number of carbonyl (C=O) groups is 2. The second-order valence-electron chi connectivity index (χ2n) is 6.16. The predicted octanol–water partition coefficient (Wildman–Crippen LogP) is 2.18. The summed E-state index contributed by atoms with van der Waals surface area (Å²) in [6.45, 7) is 6.36. The zero-order valence-electron chi connectivity index (χ0n) is 15.4. The fourth-order valence-electron chi connectivity index (χ4n) is 3.04. The van der Waals surface area contributed by atoms with Gasteiger partial charge in [0.1, 0.15) is 0 Å². The van der Waals surface area contributed by atoms with E-state index >= 15 is 0 Å². The van der Waals surface area contributed by atoms with Gasteiger partial charge in [-0.3, -0.25) is 9.59 Å². The standard InChI is InChI=1S/C19H28N2O4/c1-4-15(5-2)19(23)21-12-10-20(11-13-21)18(22)14-25-17-9-7-6-8-16(17)24-3/h6-9,15H,4-5,10-14H2,1-3H3. The summed E-state index contributed by atoms with van der Waals surface area (Å²) in [4.78, 5) is 28.4. The molecule has 2 rings (SSSR count). The van der Waals surface area contributed by atoms with E-state index in [2.05, 4.69) is 0 Å². The summed E-state index contributed by atoms with van der Waals surface area (Å²) in [5.74, 6) is 1.40. The first kappa shape index (κ1) is 19.1. The molecule has 0 aliphatic carbocycles. The van der Waals surface area contributed by atoms with Crippen molar-refractivity contribution in [2.45, 2.75) is 26.7 Å².